The SMILES string of the molecule is COCCNC(=O)[C@H]1c2ccccc2C(=O)N(Cc2ccc(F)cc2)[C@H]1c1ccc(OC)cc1. The van der Waals surface area contributed by atoms with Gasteiger partial charge in [-0.15, -0.1) is 0 Å². The number of hydrogen-bond donors (Lipinski definition) is 1. The van der Waals surface area contributed by atoms with E-state index in [0.29, 0.717) is 30.0 Å². The molecule has 1 heterocycles. The van der Waals surface area contributed by atoms with Gasteiger partial charge in [0.25, 0.3) is 5.91 Å². The van der Waals surface area contributed by atoms with Gasteiger partial charge in [-0.2, -0.15) is 0 Å². The third-order valence-electron chi connectivity index (χ3n) is 6.05. The van der Waals surface area contributed by atoms with Gasteiger partial charge >= 0.3 is 0 Å². The molecule has 0 spiro atoms. The molecule has 0 saturated heterocycles. The molecule has 0 aromatic heterocycles. The molecule has 0 bridgehead atoms. The quantitative estimate of drug-likeness (QED) is 0.513. The fourth-order valence-corrected chi connectivity index (χ4v) is 4.40. The van der Waals surface area contributed by atoms with E-state index in [1.165, 1.54) is 12.1 Å². The van der Waals surface area contributed by atoms with Crippen LogP contribution in [0.25, 0.3) is 0 Å². The Labute approximate surface area is 198 Å². The highest BCUT2D eigenvalue weighted by molar-refractivity contribution is 6.01. The number of halogens is 1. The molecule has 1 aliphatic rings. The molecular weight excluding hydrogens is 435 g/mol. The summed E-state index contributed by atoms with van der Waals surface area (Å²) in [5, 5.41) is 2.95. The number of carbonyl (C=O) groups excluding carboxylic acids is 2. The van der Waals surface area contributed by atoms with Gasteiger partial charge in [-0.1, -0.05) is 42.5 Å². The maximum absolute atomic E-state index is 13.7. The molecule has 4 rings (SSSR count). The summed E-state index contributed by atoms with van der Waals surface area (Å²) >= 11 is 0. The second-order valence-electron chi connectivity index (χ2n) is 8.13. The van der Waals surface area contributed by atoms with Crippen LogP contribution in [0.15, 0.2) is 72.8 Å². The van der Waals surface area contributed by atoms with Crippen molar-refractivity contribution in [1.82, 2.24) is 10.2 Å². The highest BCUT2D eigenvalue weighted by atomic mass is 19.1. The summed E-state index contributed by atoms with van der Waals surface area (Å²) in [4.78, 5) is 28.9. The predicted molar refractivity (Wildman–Crippen MR) is 126 cm³/mol. The van der Waals surface area contributed by atoms with Gasteiger partial charge in [-0.25, -0.2) is 4.39 Å². The van der Waals surface area contributed by atoms with Crippen molar-refractivity contribution < 1.29 is 23.5 Å². The van der Waals surface area contributed by atoms with Crippen molar-refractivity contribution in [2.45, 2.75) is 18.5 Å². The van der Waals surface area contributed by atoms with E-state index in [2.05, 4.69) is 5.32 Å². The molecule has 1 aliphatic heterocycles. The smallest absolute Gasteiger partial charge is 0.255 e. The van der Waals surface area contributed by atoms with Gasteiger partial charge in [-0.05, 0) is 47.0 Å². The van der Waals surface area contributed by atoms with E-state index >= 15 is 0 Å². The summed E-state index contributed by atoms with van der Waals surface area (Å²) in [7, 11) is 3.16. The molecular formula is C27H27FN2O4. The highest BCUT2D eigenvalue weighted by Crippen LogP contribution is 2.43. The second kappa shape index (κ2) is 10.5. The lowest BCUT2D eigenvalue weighted by molar-refractivity contribution is -0.124. The lowest BCUT2D eigenvalue weighted by atomic mass is 9.79. The fraction of sp³-hybridized carbons (Fsp3) is 0.259. The van der Waals surface area contributed by atoms with E-state index in [1.807, 2.05) is 36.4 Å². The molecule has 2 atom stereocenters. The van der Waals surface area contributed by atoms with Crippen LogP contribution in [0.5, 0.6) is 5.75 Å². The predicted octanol–water partition coefficient (Wildman–Crippen LogP) is 4.08. The van der Waals surface area contributed by atoms with Crippen molar-refractivity contribution in [3.05, 3.63) is 101 Å². The third kappa shape index (κ3) is 4.79. The highest BCUT2D eigenvalue weighted by Gasteiger charge is 2.44. The third-order valence-corrected chi connectivity index (χ3v) is 6.05. The lowest BCUT2D eigenvalue weighted by Crippen LogP contribution is -2.47. The maximum atomic E-state index is 13.7. The van der Waals surface area contributed by atoms with Crippen molar-refractivity contribution in [2.24, 2.45) is 0 Å². The zero-order valence-electron chi connectivity index (χ0n) is 19.2. The second-order valence-corrected chi connectivity index (χ2v) is 8.13. The Bertz CT molecular complexity index is 1150. The first kappa shape index (κ1) is 23.4. The van der Waals surface area contributed by atoms with Crippen LogP contribution in [0.4, 0.5) is 4.39 Å². The van der Waals surface area contributed by atoms with Gasteiger partial charge in [0.05, 0.1) is 25.7 Å². The van der Waals surface area contributed by atoms with Gasteiger partial charge < -0.3 is 19.7 Å². The molecule has 3 aromatic rings. The minimum atomic E-state index is -0.639. The number of rotatable bonds is 8. The molecule has 0 saturated carbocycles. The van der Waals surface area contributed by atoms with E-state index in [-0.39, 0.29) is 24.2 Å². The van der Waals surface area contributed by atoms with Gasteiger partial charge in [0, 0.05) is 25.8 Å². The van der Waals surface area contributed by atoms with Gasteiger partial charge in [0.15, 0.2) is 0 Å². The Morgan fingerprint density at radius 3 is 2.38 bits per heavy atom. The van der Waals surface area contributed by atoms with E-state index in [9.17, 15) is 14.0 Å². The molecule has 3 aromatic carbocycles. The lowest BCUT2D eigenvalue weighted by Gasteiger charge is -2.42. The Kier molecular flexibility index (Phi) is 7.23. The van der Waals surface area contributed by atoms with Gasteiger partial charge in [0.1, 0.15) is 11.6 Å². The summed E-state index contributed by atoms with van der Waals surface area (Å²) in [5.41, 5.74) is 2.74. The molecule has 0 unspecified atom stereocenters. The number of methoxy groups -OCH3 is 2. The zero-order valence-corrected chi connectivity index (χ0v) is 19.2. The monoisotopic (exact) mass is 462 g/mol. The molecule has 1 N–H and O–H groups in total. The van der Waals surface area contributed by atoms with Crippen molar-refractivity contribution in [3.63, 3.8) is 0 Å². The Hall–Kier alpha value is -3.71. The Morgan fingerprint density at radius 1 is 1.00 bits per heavy atom. The Morgan fingerprint density at radius 2 is 1.71 bits per heavy atom. The number of benzene rings is 3. The van der Waals surface area contributed by atoms with E-state index < -0.39 is 12.0 Å². The largest absolute Gasteiger partial charge is 0.497 e. The number of amides is 2. The topological polar surface area (TPSA) is 67.9 Å². The van der Waals surface area contributed by atoms with Gasteiger partial charge in [-0.3, -0.25) is 9.59 Å². The molecule has 0 aliphatic carbocycles. The average Bonchev–Trinajstić information content (AvgIpc) is 2.87. The standard InChI is InChI=1S/C27H27FN2O4/c1-33-16-15-29-26(31)24-22-5-3-4-6-23(22)27(32)30(17-18-7-11-20(28)12-8-18)25(24)19-9-13-21(34-2)14-10-19/h3-14,24-25H,15-17H2,1-2H3,(H,29,31)/t24-,25-/m0/s1. The molecule has 6 nitrogen and oxygen atoms in total. The van der Waals surface area contributed by atoms with Crippen molar-refractivity contribution in [2.75, 3.05) is 27.4 Å². The number of hydrogen-bond acceptors (Lipinski definition) is 4. The summed E-state index contributed by atoms with van der Waals surface area (Å²) in [6.45, 7) is 0.965. The summed E-state index contributed by atoms with van der Waals surface area (Å²) in [5.74, 6) is -0.679. The number of ether oxygens (including phenoxy) is 2. The molecule has 7 heteroatoms. The zero-order chi connectivity index (χ0) is 24.1. The minimum absolute atomic E-state index is 0.179. The fourth-order valence-electron chi connectivity index (χ4n) is 4.40. The van der Waals surface area contributed by atoms with Crippen LogP contribution in [0.2, 0.25) is 0 Å². The number of carbonyl (C=O) groups is 2. The first-order valence-corrected chi connectivity index (χ1v) is 11.1. The van der Waals surface area contributed by atoms with E-state index in [0.717, 1.165) is 11.1 Å². The van der Waals surface area contributed by atoms with Crippen LogP contribution < -0.4 is 10.1 Å². The minimum Gasteiger partial charge on any atom is -0.497 e. The normalized spacial score (nSPS) is 17.3. The van der Waals surface area contributed by atoms with Crippen molar-refractivity contribution in [3.8, 4) is 5.75 Å². The number of fused-ring (bicyclic) bond motifs is 1. The van der Waals surface area contributed by atoms with Crippen LogP contribution in [0.3, 0.4) is 0 Å². The van der Waals surface area contributed by atoms with Crippen molar-refractivity contribution in [1.29, 1.82) is 0 Å². The van der Waals surface area contributed by atoms with Crippen molar-refractivity contribution >= 4 is 11.8 Å². The summed E-state index contributed by atoms with van der Waals surface area (Å²) < 4.78 is 23.9. The molecule has 34 heavy (non-hydrogen) atoms. The summed E-state index contributed by atoms with van der Waals surface area (Å²) in [6, 6.07) is 20.1. The van der Waals surface area contributed by atoms with Gasteiger partial charge in [0.2, 0.25) is 5.91 Å². The Balaban J connectivity index is 1.82. The average molecular weight is 463 g/mol. The summed E-state index contributed by atoms with van der Waals surface area (Å²) in [6.07, 6.45) is 0. The van der Waals surface area contributed by atoms with Crippen LogP contribution in [-0.2, 0) is 16.1 Å². The first-order valence-electron chi connectivity index (χ1n) is 11.1. The number of nitrogens with zero attached hydrogens (tertiary/aromatic N) is 1. The van der Waals surface area contributed by atoms with E-state index in [1.54, 1.807) is 43.4 Å². The van der Waals surface area contributed by atoms with Crippen LogP contribution in [-0.4, -0.2) is 44.1 Å². The molecule has 176 valence electrons. The molecule has 0 fully saturated rings. The number of nitrogens with one attached hydrogen (secondary N) is 1. The van der Waals surface area contributed by atoms with E-state index in [4.69, 9.17) is 9.47 Å². The van der Waals surface area contributed by atoms with Crippen LogP contribution in [0, 0.1) is 5.82 Å². The maximum Gasteiger partial charge on any atom is 0.255 e. The molecule has 2 amide bonds. The first-order chi connectivity index (χ1) is 16.5. The molecule has 0 radical (unpaired) electrons. The van der Waals surface area contributed by atoms with Crippen LogP contribution >= 0.6 is 0 Å². The van der Waals surface area contributed by atoms with Crippen LogP contribution in [0.1, 0.15) is 39.0 Å².